The Bertz CT molecular complexity index is 284. The van der Waals surface area contributed by atoms with Crippen LogP contribution in [0.2, 0.25) is 0 Å². The summed E-state index contributed by atoms with van der Waals surface area (Å²) in [6.45, 7) is 5.10. The lowest BCUT2D eigenvalue weighted by molar-refractivity contribution is -0.170. The van der Waals surface area contributed by atoms with Crippen molar-refractivity contribution in [3.8, 4) is 0 Å². The fourth-order valence-electron chi connectivity index (χ4n) is 3.12. The van der Waals surface area contributed by atoms with Gasteiger partial charge < -0.3 is 4.90 Å². The molecule has 0 unspecified atom stereocenters. The van der Waals surface area contributed by atoms with Crippen LogP contribution in [0.5, 0.6) is 0 Å². The molecule has 1 amide bonds. The van der Waals surface area contributed by atoms with Gasteiger partial charge in [0.2, 0.25) is 0 Å². The highest BCUT2D eigenvalue weighted by Gasteiger charge is 2.26. The lowest BCUT2D eigenvalue weighted by Crippen LogP contribution is -2.48. The summed E-state index contributed by atoms with van der Waals surface area (Å²) in [6.07, 6.45) is 6.51. The van der Waals surface area contributed by atoms with Crippen LogP contribution in [0.1, 0.15) is 32.1 Å². The zero-order chi connectivity index (χ0) is 13.7. The third kappa shape index (κ3) is 4.16. The molecule has 19 heavy (non-hydrogen) atoms. The summed E-state index contributed by atoms with van der Waals surface area (Å²) < 4.78 is 0. The van der Waals surface area contributed by atoms with Crippen molar-refractivity contribution in [2.75, 3.05) is 46.9 Å². The predicted octanol–water partition coefficient (Wildman–Crippen LogP) is 0.956. The van der Waals surface area contributed by atoms with Crippen molar-refractivity contribution in [1.82, 2.24) is 14.9 Å². The molecule has 2 rings (SSSR count). The number of hydroxylamine groups is 2. The highest BCUT2D eigenvalue weighted by molar-refractivity contribution is 5.76. The van der Waals surface area contributed by atoms with Gasteiger partial charge in [-0.15, -0.1) is 0 Å². The molecular weight excluding hydrogens is 242 g/mol. The second kappa shape index (κ2) is 7.22. The van der Waals surface area contributed by atoms with Crippen LogP contribution < -0.4 is 0 Å². The van der Waals surface area contributed by atoms with E-state index in [1.165, 1.54) is 57.4 Å². The van der Waals surface area contributed by atoms with Crippen molar-refractivity contribution in [1.29, 1.82) is 0 Å². The van der Waals surface area contributed by atoms with Crippen molar-refractivity contribution in [2.45, 2.75) is 38.1 Å². The summed E-state index contributed by atoms with van der Waals surface area (Å²) in [5.74, 6) is 0.0407. The van der Waals surface area contributed by atoms with Gasteiger partial charge >= 0.3 is 0 Å². The minimum Gasteiger partial charge on any atom is -0.300 e. The molecule has 2 aliphatic rings. The van der Waals surface area contributed by atoms with Crippen molar-refractivity contribution in [2.24, 2.45) is 0 Å². The van der Waals surface area contributed by atoms with Crippen LogP contribution in [0.3, 0.4) is 0 Å². The minimum atomic E-state index is 0.0407. The molecule has 2 fully saturated rings. The molecule has 0 radical (unpaired) electrons. The van der Waals surface area contributed by atoms with Gasteiger partial charge in [0.1, 0.15) is 0 Å². The molecule has 5 nitrogen and oxygen atoms in total. The smallest absolute Gasteiger partial charge is 0.259 e. The van der Waals surface area contributed by atoms with Crippen molar-refractivity contribution < 1.29 is 9.63 Å². The predicted molar refractivity (Wildman–Crippen MR) is 74.7 cm³/mol. The summed E-state index contributed by atoms with van der Waals surface area (Å²) >= 11 is 0. The lowest BCUT2D eigenvalue weighted by Gasteiger charge is -2.40. The van der Waals surface area contributed by atoms with E-state index in [4.69, 9.17) is 4.84 Å². The first-order chi connectivity index (χ1) is 9.20. The average molecular weight is 269 g/mol. The lowest BCUT2D eigenvalue weighted by atomic mass is 10.00. The molecule has 110 valence electrons. The molecule has 0 atom stereocenters. The summed E-state index contributed by atoms with van der Waals surface area (Å²) in [5.41, 5.74) is 0. The fourth-order valence-corrected chi connectivity index (χ4v) is 3.12. The van der Waals surface area contributed by atoms with Gasteiger partial charge in [-0.05, 0) is 38.8 Å². The first kappa shape index (κ1) is 14.8. The van der Waals surface area contributed by atoms with Gasteiger partial charge in [0.15, 0.2) is 0 Å². The largest absolute Gasteiger partial charge is 0.300 e. The first-order valence-corrected chi connectivity index (χ1v) is 7.48. The fraction of sp³-hybridized carbons (Fsp3) is 0.929. The third-order valence-electron chi connectivity index (χ3n) is 4.45. The first-order valence-electron chi connectivity index (χ1n) is 7.48. The Hall–Kier alpha value is -0.650. The molecule has 0 aromatic heterocycles. The Labute approximate surface area is 116 Å². The molecule has 0 spiro atoms. The zero-order valence-corrected chi connectivity index (χ0v) is 12.3. The molecule has 0 N–H and O–H groups in total. The zero-order valence-electron chi connectivity index (χ0n) is 12.3. The number of hydrogen-bond acceptors (Lipinski definition) is 4. The number of hydrogen-bond donors (Lipinski definition) is 0. The van der Waals surface area contributed by atoms with E-state index in [0.29, 0.717) is 6.54 Å². The summed E-state index contributed by atoms with van der Waals surface area (Å²) in [4.78, 5) is 21.6. The van der Waals surface area contributed by atoms with Crippen molar-refractivity contribution >= 4 is 5.91 Å². The Balaban J connectivity index is 1.71. The van der Waals surface area contributed by atoms with E-state index in [1.54, 1.807) is 7.05 Å². The summed E-state index contributed by atoms with van der Waals surface area (Å²) in [7, 11) is 3.20. The molecule has 2 saturated heterocycles. The highest BCUT2D eigenvalue weighted by atomic mass is 16.7. The van der Waals surface area contributed by atoms with Crippen LogP contribution in [-0.2, 0) is 9.63 Å². The number of amides is 1. The van der Waals surface area contributed by atoms with E-state index in [-0.39, 0.29) is 5.91 Å². The number of carbonyl (C=O) groups is 1. The van der Waals surface area contributed by atoms with Gasteiger partial charge in [0, 0.05) is 26.2 Å². The van der Waals surface area contributed by atoms with Gasteiger partial charge in [-0.1, -0.05) is 6.42 Å². The van der Waals surface area contributed by atoms with Crippen LogP contribution in [0, 0.1) is 0 Å². The minimum absolute atomic E-state index is 0.0407. The SMILES string of the molecule is CON(C)C(=O)CN1CCC(N2CCCCC2)CC1. The molecule has 5 heteroatoms. The Morgan fingerprint density at radius 3 is 2.37 bits per heavy atom. The van der Waals surface area contributed by atoms with Crippen molar-refractivity contribution in [3.63, 3.8) is 0 Å². The van der Waals surface area contributed by atoms with Crippen LogP contribution in [-0.4, -0.2) is 73.7 Å². The number of nitrogens with zero attached hydrogens (tertiary/aromatic N) is 3. The van der Waals surface area contributed by atoms with Crippen molar-refractivity contribution in [3.05, 3.63) is 0 Å². The van der Waals surface area contributed by atoms with E-state index in [2.05, 4.69) is 9.80 Å². The van der Waals surface area contributed by atoms with E-state index in [9.17, 15) is 4.79 Å². The van der Waals surface area contributed by atoms with E-state index < -0.39 is 0 Å². The van der Waals surface area contributed by atoms with Gasteiger partial charge in [0.25, 0.3) is 5.91 Å². The quantitative estimate of drug-likeness (QED) is 0.712. The maximum Gasteiger partial charge on any atom is 0.259 e. The summed E-state index contributed by atoms with van der Waals surface area (Å²) in [6, 6.07) is 0.742. The maximum atomic E-state index is 11.8. The second-order valence-electron chi connectivity index (χ2n) is 5.68. The molecule has 0 saturated carbocycles. The molecule has 0 bridgehead atoms. The molecule has 0 aromatic rings. The van der Waals surface area contributed by atoms with Gasteiger partial charge in [-0.3, -0.25) is 14.5 Å². The molecule has 0 aliphatic carbocycles. The van der Waals surface area contributed by atoms with Crippen LogP contribution >= 0.6 is 0 Å². The number of likely N-dealkylation sites (N-methyl/N-ethyl adjacent to an activating group) is 1. The molecular formula is C14H27N3O2. The number of piperidine rings is 2. The monoisotopic (exact) mass is 269 g/mol. The third-order valence-corrected chi connectivity index (χ3v) is 4.45. The Morgan fingerprint density at radius 2 is 1.79 bits per heavy atom. The second-order valence-corrected chi connectivity index (χ2v) is 5.68. The number of likely N-dealkylation sites (tertiary alicyclic amines) is 2. The van der Waals surface area contributed by atoms with Crippen LogP contribution in [0.25, 0.3) is 0 Å². The number of rotatable bonds is 4. The van der Waals surface area contributed by atoms with Crippen LogP contribution in [0.15, 0.2) is 0 Å². The summed E-state index contributed by atoms with van der Waals surface area (Å²) in [5, 5.41) is 1.32. The van der Waals surface area contributed by atoms with Gasteiger partial charge in [-0.2, -0.15) is 0 Å². The average Bonchev–Trinajstić information content (AvgIpc) is 2.48. The van der Waals surface area contributed by atoms with E-state index in [0.717, 1.165) is 19.1 Å². The van der Waals surface area contributed by atoms with Crippen LogP contribution in [0.4, 0.5) is 0 Å². The molecule has 2 aliphatic heterocycles. The normalized spacial score (nSPS) is 23.5. The maximum absolute atomic E-state index is 11.8. The topological polar surface area (TPSA) is 36.0 Å². The van der Waals surface area contributed by atoms with E-state index in [1.807, 2.05) is 0 Å². The molecule has 0 aromatic carbocycles. The highest BCUT2D eigenvalue weighted by Crippen LogP contribution is 2.20. The Morgan fingerprint density at radius 1 is 1.16 bits per heavy atom. The van der Waals surface area contributed by atoms with Gasteiger partial charge in [-0.25, -0.2) is 5.06 Å². The van der Waals surface area contributed by atoms with E-state index >= 15 is 0 Å². The number of carbonyl (C=O) groups excluding carboxylic acids is 1. The van der Waals surface area contributed by atoms with Gasteiger partial charge in [0.05, 0.1) is 13.7 Å². The molecule has 2 heterocycles. The standard InChI is InChI=1S/C14H27N3O2/c1-15(19-2)14(18)12-16-10-6-13(7-11-16)17-8-4-3-5-9-17/h13H,3-12H2,1-2H3. The Kier molecular flexibility index (Phi) is 5.60.